The molecule has 0 aliphatic heterocycles. The first-order chi connectivity index (χ1) is 4.79. The normalized spacial score (nSPS) is 25.2. The molecule has 0 radical (unpaired) electrons. The number of ether oxygens (including phenoxy) is 1. The SMILES string of the molecule is CCC1=CCC(=O)C1OC. The van der Waals surface area contributed by atoms with E-state index in [-0.39, 0.29) is 11.9 Å². The van der Waals surface area contributed by atoms with E-state index in [2.05, 4.69) is 0 Å². The van der Waals surface area contributed by atoms with Crippen molar-refractivity contribution in [2.75, 3.05) is 7.11 Å². The molecular weight excluding hydrogens is 128 g/mol. The van der Waals surface area contributed by atoms with E-state index in [0.717, 1.165) is 12.0 Å². The molecule has 0 aromatic rings. The highest BCUT2D eigenvalue weighted by Gasteiger charge is 2.25. The summed E-state index contributed by atoms with van der Waals surface area (Å²) in [5.74, 6) is 0.194. The van der Waals surface area contributed by atoms with Gasteiger partial charge in [0, 0.05) is 13.5 Å². The van der Waals surface area contributed by atoms with Crippen LogP contribution in [0.5, 0.6) is 0 Å². The second kappa shape index (κ2) is 2.97. The fourth-order valence-electron chi connectivity index (χ4n) is 1.27. The molecule has 2 heteroatoms. The molecule has 0 heterocycles. The van der Waals surface area contributed by atoms with Gasteiger partial charge in [0.05, 0.1) is 0 Å². The van der Waals surface area contributed by atoms with Crippen LogP contribution in [0.15, 0.2) is 11.6 Å². The summed E-state index contributed by atoms with van der Waals surface area (Å²) in [5, 5.41) is 0. The molecule has 0 fully saturated rings. The number of allylic oxidation sites excluding steroid dienone is 1. The molecule has 2 nitrogen and oxygen atoms in total. The van der Waals surface area contributed by atoms with E-state index in [4.69, 9.17) is 4.74 Å². The molecule has 1 aliphatic carbocycles. The first-order valence-electron chi connectivity index (χ1n) is 3.54. The number of rotatable bonds is 2. The summed E-state index contributed by atoms with van der Waals surface area (Å²) in [4.78, 5) is 11.0. The Morgan fingerprint density at radius 1 is 1.80 bits per heavy atom. The highest BCUT2D eigenvalue weighted by Crippen LogP contribution is 2.20. The predicted octanol–water partition coefficient (Wildman–Crippen LogP) is 1.31. The summed E-state index contributed by atoms with van der Waals surface area (Å²) in [6, 6.07) is 0. The van der Waals surface area contributed by atoms with Gasteiger partial charge in [0.25, 0.3) is 0 Å². The third-order valence-electron chi connectivity index (χ3n) is 1.84. The van der Waals surface area contributed by atoms with Crippen LogP contribution >= 0.6 is 0 Å². The standard InChI is InChI=1S/C8H12O2/c1-3-6-4-5-7(9)8(6)10-2/h4,8H,3,5H2,1-2H3. The summed E-state index contributed by atoms with van der Waals surface area (Å²) in [6.07, 6.45) is 3.22. The number of Topliss-reactive ketones (excluding diaryl/α,β-unsaturated/α-hetero) is 1. The van der Waals surface area contributed by atoms with Crippen molar-refractivity contribution in [2.24, 2.45) is 0 Å². The fraction of sp³-hybridized carbons (Fsp3) is 0.625. The minimum Gasteiger partial charge on any atom is -0.369 e. The maximum atomic E-state index is 11.0. The summed E-state index contributed by atoms with van der Waals surface area (Å²) in [6.45, 7) is 2.04. The van der Waals surface area contributed by atoms with Crippen molar-refractivity contribution in [1.82, 2.24) is 0 Å². The molecule has 0 bridgehead atoms. The summed E-state index contributed by atoms with van der Waals surface area (Å²) in [7, 11) is 1.58. The lowest BCUT2D eigenvalue weighted by Crippen LogP contribution is -2.19. The van der Waals surface area contributed by atoms with Crippen LogP contribution in [-0.2, 0) is 9.53 Å². The minimum atomic E-state index is -0.231. The maximum absolute atomic E-state index is 11.0. The van der Waals surface area contributed by atoms with Crippen LogP contribution in [0, 0.1) is 0 Å². The van der Waals surface area contributed by atoms with E-state index in [1.54, 1.807) is 7.11 Å². The van der Waals surface area contributed by atoms with Gasteiger partial charge in [0.2, 0.25) is 0 Å². The smallest absolute Gasteiger partial charge is 0.169 e. The summed E-state index contributed by atoms with van der Waals surface area (Å²) >= 11 is 0. The largest absolute Gasteiger partial charge is 0.369 e. The first-order valence-corrected chi connectivity index (χ1v) is 3.54. The van der Waals surface area contributed by atoms with Gasteiger partial charge in [-0.05, 0) is 12.0 Å². The lowest BCUT2D eigenvalue weighted by molar-refractivity contribution is -0.124. The second-order valence-corrected chi connectivity index (χ2v) is 2.42. The van der Waals surface area contributed by atoms with Crippen LogP contribution in [0.1, 0.15) is 19.8 Å². The molecule has 0 amide bonds. The Hall–Kier alpha value is -0.630. The lowest BCUT2D eigenvalue weighted by atomic mass is 10.1. The van der Waals surface area contributed by atoms with E-state index >= 15 is 0 Å². The zero-order chi connectivity index (χ0) is 7.56. The second-order valence-electron chi connectivity index (χ2n) is 2.42. The molecule has 0 aromatic heterocycles. The lowest BCUT2D eigenvalue weighted by Gasteiger charge is -2.08. The molecule has 1 unspecified atom stereocenters. The van der Waals surface area contributed by atoms with Crippen LogP contribution in [0.2, 0.25) is 0 Å². The molecule has 0 aromatic carbocycles. The Morgan fingerprint density at radius 2 is 2.50 bits per heavy atom. The highest BCUT2D eigenvalue weighted by molar-refractivity contribution is 5.90. The van der Waals surface area contributed by atoms with Gasteiger partial charge in [-0.25, -0.2) is 0 Å². The zero-order valence-electron chi connectivity index (χ0n) is 6.39. The number of hydrogen-bond acceptors (Lipinski definition) is 2. The van der Waals surface area contributed by atoms with Crippen LogP contribution in [-0.4, -0.2) is 19.0 Å². The molecule has 0 saturated carbocycles. The Balaban J connectivity index is 2.66. The number of methoxy groups -OCH3 is 1. The van der Waals surface area contributed by atoms with E-state index in [1.807, 2.05) is 13.0 Å². The number of hydrogen-bond donors (Lipinski definition) is 0. The van der Waals surface area contributed by atoms with Gasteiger partial charge in [0.1, 0.15) is 6.10 Å². The minimum absolute atomic E-state index is 0.194. The number of ketones is 1. The molecule has 10 heavy (non-hydrogen) atoms. The monoisotopic (exact) mass is 140 g/mol. The van der Waals surface area contributed by atoms with E-state index in [1.165, 1.54) is 0 Å². The van der Waals surface area contributed by atoms with Crippen molar-refractivity contribution >= 4 is 5.78 Å². The van der Waals surface area contributed by atoms with Crippen molar-refractivity contribution in [1.29, 1.82) is 0 Å². The van der Waals surface area contributed by atoms with Crippen LogP contribution in [0.4, 0.5) is 0 Å². The molecular formula is C8H12O2. The molecule has 0 saturated heterocycles. The number of carbonyl (C=O) groups is 1. The van der Waals surface area contributed by atoms with Crippen molar-refractivity contribution in [3.63, 3.8) is 0 Å². The van der Waals surface area contributed by atoms with Crippen molar-refractivity contribution < 1.29 is 9.53 Å². The molecule has 56 valence electrons. The van der Waals surface area contributed by atoms with Gasteiger partial charge in [0.15, 0.2) is 5.78 Å². The van der Waals surface area contributed by atoms with E-state index in [0.29, 0.717) is 6.42 Å². The van der Waals surface area contributed by atoms with Gasteiger partial charge in [-0.1, -0.05) is 13.0 Å². The topological polar surface area (TPSA) is 26.3 Å². The van der Waals surface area contributed by atoms with Crippen LogP contribution in [0.25, 0.3) is 0 Å². The van der Waals surface area contributed by atoms with Crippen molar-refractivity contribution in [2.45, 2.75) is 25.9 Å². The van der Waals surface area contributed by atoms with Crippen LogP contribution in [0.3, 0.4) is 0 Å². The van der Waals surface area contributed by atoms with E-state index < -0.39 is 0 Å². The van der Waals surface area contributed by atoms with Gasteiger partial charge >= 0.3 is 0 Å². The Morgan fingerprint density at radius 3 is 2.90 bits per heavy atom. The molecule has 1 atom stereocenters. The Bertz CT molecular complexity index is 170. The molecule has 0 N–H and O–H groups in total. The highest BCUT2D eigenvalue weighted by atomic mass is 16.5. The Kier molecular flexibility index (Phi) is 2.22. The summed E-state index contributed by atoms with van der Waals surface area (Å²) < 4.78 is 5.01. The van der Waals surface area contributed by atoms with Gasteiger partial charge in [-0.15, -0.1) is 0 Å². The maximum Gasteiger partial charge on any atom is 0.169 e. The summed E-state index contributed by atoms with van der Waals surface area (Å²) in [5.41, 5.74) is 1.13. The van der Waals surface area contributed by atoms with Gasteiger partial charge < -0.3 is 4.74 Å². The van der Waals surface area contributed by atoms with E-state index in [9.17, 15) is 4.79 Å². The van der Waals surface area contributed by atoms with Gasteiger partial charge in [-0.3, -0.25) is 4.79 Å². The van der Waals surface area contributed by atoms with Crippen molar-refractivity contribution in [3.05, 3.63) is 11.6 Å². The third kappa shape index (κ3) is 1.12. The van der Waals surface area contributed by atoms with Crippen molar-refractivity contribution in [3.8, 4) is 0 Å². The molecule has 1 rings (SSSR count). The first kappa shape index (κ1) is 7.48. The predicted molar refractivity (Wildman–Crippen MR) is 38.8 cm³/mol. The molecule has 1 aliphatic rings. The average Bonchev–Trinajstić information content (AvgIpc) is 2.30. The fourth-order valence-corrected chi connectivity index (χ4v) is 1.27. The third-order valence-corrected chi connectivity index (χ3v) is 1.84. The Labute approximate surface area is 60.9 Å². The van der Waals surface area contributed by atoms with Gasteiger partial charge in [-0.2, -0.15) is 0 Å². The van der Waals surface area contributed by atoms with Crippen LogP contribution < -0.4 is 0 Å². The zero-order valence-corrected chi connectivity index (χ0v) is 6.39. The quantitative estimate of drug-likeness (QED) is 0.540. The average molecular weight is 140 g/mol. The number of carbonyl (C=O) groups excluding carboxylic acids is 1. The molecule has 0 spiro atoms.